The zero-order valence-corrected chi connectivity index (χ0v) is 13.3. The molecule has 8 heteroatoms. The highest BCUT2D eigenvalue weighted by molar-refractivity contribution is 5.88. The molecule has 5 nitrogen and oxygen atoms in total. The Balaban J connectivity index is 2.20. The van der Waals surface area contributed by atoms with Gasteiger partial charge in [-0.3, -0.25) is 14.5 Å². The van der Waals surface area contributed by atoms with Crippen molar-refractivity contribution < 1.29 is 22.8 Å². The largest absolute Gasteiger partial charge is 0.416 e. The number of amides is 2. The van der Waals surface area contributed by atoms with Gasteiger partial charge < -0.3 is 10.6 Å². The minimum absolute atomic E-state index is 0.0345. The number of carbonyl (C=O) groups excluding carboxylic acids is 2. The van der Waals surface area contributed by atoms with Gasteiger partial charge in [0.05, 0.1) is 18.0 Å². The minimum atomic E-state index is -4.45. The number of nitrogens with zero attached hydrogens (tertiary/aromatic N) is 1. The van der Waals surface area contributed by atoms with Crippen molar-refractivity contribution in [2.45, 2.75) is 32.1 Å². The lowest BCUT2D eigenvalue weighted by Gasteiger charge is -2.35. The standard InChI is InChI=1S/C16H20F3N3O2/c1-2-20-14(23)9-13-15(24)21-7-8-22(13)10-11-5-3-4-6-12(11)16(17,18)19/h3-6,13H,2,7-10H2,1H3,(H,20,23)(H,21,24)/t13-/m0/s1. The van der Waals surface area contributed by atoms with Crippen molar-refractivity contribution in [1.82, 2.24) is 15.5 Å². The van der Waals surface area contributed by atoms with Crippen LogP contribution in [0.5, 0.6) is 0 Å². The monoisotopic (exact) mass is 343 g/mol. The summed E-state index contributed by atoms with van der Waals surface area (Å²) in [4.78, 5) is 25.5. The van der Waals surface area contributed by atoms with Gasteiger partial charge in [0.1, 0.15) is 0 Å². The van der Waals surface area contributed by atoms with E-state index in [0.29, 0.717) is 19.6 Å². The molecular formula is C16H20F3N3O2. The fourth-order valence-electron chi connectivity index (χ4n) is 2.77. The van der Waals surface area contributed by atoms with Gasteiger partial charge in [0.25, 0.3) is 0 Å². The highest BCUT2D eigenvalue weighted by atomic mass is 19.4. The van der Waals surface area contributed by atoms with Crippen LogP contribution in [-0.4, -0.2) is 42.4 Å². The van der Waals surface area contributed by atoms with E-state index in [0.717, 1.165) is 6.07 Å². The van der Waals surface area contributed by atoms with E-state index in [1.807, 2.05) is 0 Å². The van der Waals surface area contributed by atoms with Gasteiger partial charge in [-0.1, -0.05) is 18.2 Å². The Kier molecular flexibility index (Phi) is 5.82. The molecule has 1 atom stereocenters. The smallest absolute Gasteiger partial charge is 0.356 e. The number of piperazine rings is 1. The van der Waals surface area contributed by atoms with Crippen molar-refractivity contribution in [3.05, 3.63) is 35.4 Å². The Morgan fingerprint density at radius 1 is 1.38 bits per heavy atom. The van der Waals surface area contributed by atoms with E-state index < -0.39 is 17.8 Å². The molecule has 0 saturated carbocycles. The quantitative estimate of drug-likeness (QED) is 0.852. The third kappa shape index (κ3) is 4.47. The Hall–Kier alpha value is -2.09. The summed E-state index contributed by atoms with van der Waals surface area (Å²) in [5.74, 6) is -0.634. The number of benzene rings is 1. The maximum Gasteiger partial charge on any atom is 0.416 e. The number of hydrogen-bond acceptors (Lipinski definition) is 3. The molecule has 1 aliphatic rings. The first kappa shape index (κ1) is 18.3. The summed E-state index contributed by atoms with van der Waals surface area (Å²) in [7, 11) is 0. The highest BCUT2D eigenvalue weighted by Gasteiger charge is 2.36. The second kappa shape index (κ2) is 7.65. The van der Waals surface area contributed by atoms with Crippen molar-refractivity contribution in [2.75, 3.05) is 19.6 Å². The fourth-order valence-corrected chi connectivity index (χ4v) is 2.77. The van der Waals surface area contributed by atoms with Crippen molar-refractivity contribution in [3.63, 3.8) is 0 Å². The van der Waals surface area contributed by atoms with Gasteiger partial charge in [0, 0.05) is 26.2 Å². The van der Waals surface area contributed by atoms with Crippen molar-refractivity contribution >= 4 is 11.8 Å². The predicted molar refractivity (Wildman–Crippen MR) is 82.0 cm³/mol. The van der Waals surface area contributed by atoms with Gasteiger partial charge >= 0.3 is 6.18 Å². The van der Waals surface area contributed by atoms with E-state index in [9.17, 15) is 22.8 Å². The van der Waals surface area contributed by atoms with Crippen LogP contribution in [0.1, 0.15) is 24.5 Å². The Bertz CT molecular complexity index is 604. The molecule has 1 heterocycles. The third-order valence-corrected chi connectivity index (χ3v) is 3.89. The third-order valence-electron chi connectivity index (χ3n) is 3.89. The Morgan fingerprint density at radius 2 is 2.08 bits per heavy atom. The van der Waals surface area contributed by atoms with Crippen molar-refractivity contribution in [3.8, 4) is 0 Å². The van der Waals surface area contributed by atoms with E-state index in [1.165, 1.54) is 18.2 Å². The average molecular weight is 343 g/mol. The van der Waals surface area contributed by atoms with E-state index >= 15 is 0 Å². The molecule has 1 saturated heterocycles. The van der Waals surface area contributed by atoms with Crippen LogP contribution in [0.4, 0.5) is 13.2 Å². The predicted octanol–water partition coefficient (Wildman–Crippen LogP) is 1.53. The maximum atomic E-state index is 13.1. The minimum Gasteiger partial charge on any atom is -0.356 e. The molecule has 0 unspecified atom stereocenters. The Morgan fingerprint density at radius 3 is 2.75 bits per heavy atom. The number of carbonyl (C=O) groups is 2. The number of rotatable bonds is 5. The molecule has 2 amide bonds. The van der Waals surface area contributed by atoms with Crippen LogP contribution in [0, 0.1) is 0 Å². The zero-order valence-electron chi connectivity index (χ0n) is 13.3. The molecule has 0 spiro atoms. The molecule has 0 aromatic heterocycles. The first-order valence-corrected chi connectivity index (χ1v) is 7.76. The van der Waals surface area contributed by atoms with E-state index in [2.05, 4.69) is 10.6 Å². The lowest BCUT2D eigenvalue weighted by molar-refractivity contribution is -0.139. The Labute approximate surface area is 138 Å². The molecule has 0 radical (unpaired) electrons. The van der Waals surface area contributed by atoms with Gasteiger partial charge in [-0.25, -0.2) is 0 Å². The summed E-state index contributed by atoms with van der Waals surface area (Å²) in [6.07, 6.45) is -4.53. The number of alkyl halides is 3. The van der Waals surface area contributed by atoms with Crippen LogP contribution < -0.4 is 10.6 Å². The summed E-state index contributed by atoms with van der Waals surface area (Å²) < 4.78 is 39.4. The highest BCUT2D eigenvalue weighted by Crippen LogP contribution is 2.32. The first-order chi connectivity index (χ1) is 11.3. The molecule has 1 aliphatic heterocycles. The molecule has 0 bridgehead atoms. The van der Waals surface area contributed by atoms with Crippen LogP contribution in [0.2, 0.25) is 0 Å². The van der Waals surface area contributed by atoms with Gasteiger partial charge in [-0.15, -0.1) is 0 Å². The van der Waals surface area contributed by atoms with E-state index in [4.69, 9.17) is 0 Å². The van der Waals surface area contributed by atoms with Gasteiger partial charge in [-0.05, 0) is 18.6 Å². The van der Waals surface area contributed by atoms with Gasteiger partial charge in [0.2, 0.25) is 11.8 Å². The summed E-state index contributed by atoms with van der Waals surface area (Å²) in [6.45, 7) is 2.90. The molecular weight excluding hydrogens is 323 g/mol. The molecule has 1 aromatic carbocycles. The van der Waals surface area contributed by atoms with Crippen LogP contribution >= 0.6 is 0 Å². The van der Waals surface area contributed by atoms with E-state index in [-0.39, 0.29) is 30.3 Å². The van der Waals surface area contributed by atoms with E-state index in [1.54, 1.807) is 11.8 Å². The van der Waals surface area contributed by atoms with Gasteiger partial charge in [-0.2, -0.15) is 13.2 Å². The normalized spacial score (nSPS) is 19.0. The lowest BCUT2D eigenvalue weighted by Crippen LogP contribution is -2.56. The number of nitrogens with one attached hydrogen (secondary N) is 2. The first-order valence-electron chi connectivity index (χ1n) is 7.76. The maximum absolute atomic E-state index is 13.1. The zero-order chi connectivity index (χ0) is 17.7. The lowest BCUT2D eigenvalue weighted by atomic mass is 10.0. The molecule has 2 N–H and O–H groups in total. The van der Waals surface area contributed by atoms with Crippen molar-refractivity contribution in [1.29, 1.82) is 0 Å². The topological polar surface area (TPSA) is 61.4 Å². The molecule has 1 fully saturated rings. The van der Waals surface area contributed by atoms with Crippen LogP contribution in [-0.2, 0) is 22.3 Å². The molecule has 1 aromatic rings. The summed E-state index contributed by atoms with van der Waals surface area (Å²) >= 11 is 0. The SMILES string of the molecule is CCNC(=O)C[C@H]1C(=O)NCCN1Cc1ccccc1C(F)(F)F. The summed E-state index contributed by atoms with van der Waals surface area (Å²) in [5.41, 5.74) is -0.617. The van der Waals surface area contributed by atoms with Crippen molar-refractivity contribution in [2.24, 2.45) is 0 Å². The molecule has 2 rings (SSSR count). The fraction of sp³-hybridized carbons (Fsp3) is 0.500. The molecule has 132 valence electrons. The number of halogens is 3. The second-order valence-electron chi connectivity index (χ2n) is 5.59. The second-order valence-corrected chi connectivity index (χ2v) is 5.59. The van der Waals surface area contributed by atoms with Crippen LogP contribution in [0.25, 0.3) is 0 Å². The summed E-state index contributed by atoms with van der Waals surface area (Å²) in [6, 6.07) is 4.53. The van der Waals surface area contributed by atoms with Gasteiger partial charge in [0.15, 0.2) is 0 Å². The molecule has 0 aliphatic carbocycles. The molecule has 24 heavy (non-hydrogen) atoms. The van der Waals surface area contributed by atoms with Crippen LogP contribution in [0.15, 0.2) is 24.3 Å². The van der Waals surface area contributed by atoms with Crippen LogP contribution in [0.3, 0.4) is 0 Å². The number of hydrogen-bond donors (Lipinski definition) is 2. The summed E-state index contributed by atoms with van der Waals surface area (Å²) in [5, 5.41) is 5.27. The average Bonchev–Trinajstić information content (AvgIpc) is 2.50.